The summed E-state index contributed by atoms with van der Waals surface area (Å²) in [7, 11) is 0. The van der Waals surface area contributed by atoms with Gasteiger partial charge in [-0.2, -0.15) is 0 Å². The second kappa shape index (κ2) is 5.03. The summed E-state index contributed by atoms with van der Waals surface area (Å²) in [5.41, 5.74) is -0.193. The molecule has 0 heterocycles. The van der Waals surface area contributed by atoms with Crippen LogP contribution in [0, 0.1) is 0 Å². The van der Waals surface area contributed by atoms with Crippen LogP contribution in [0.5, 0.6) is 0 Å². The van der Waals surface area contributed by atoms with Gasteiger partial charge in [0.05, 0.1) is 0 Å². The Balaban J connectivity index is 0.00000169. The van der Waals surface area contributed by atoms with Crippen LogP contribution in [0.1, 0.15) is 12.5 Å². The van der Waals surface area contributed by atoms with Crippen LogP contribution in [0.15, 0.2) is 29.2 Å². The fraction of sp³-hybridized carbons (Fsp3) is 0.250. The summed E-state index contributed by atoms with van der Waals surface area (Å²) in [5.74, 6) is -2.93. The largest absolute Gasteiger partial charge is 1.00 e. The quantitative estimate of drug-likeness (QED) is 0.468. The Bertz CT molecular complexity index is 321. The van der Waals surface area contributed by atoms with Crippen molar-refractivity contribution in [3.63, 3.8) is 0 Å². The van der Waals surface area contributed by atoms with Gasteiger partial charge < -0.3 is 4.55 Å². The summed E-state index contributed by atoms with van der Waals surface area (Å²) in [6, 6.07) is 4.50. The van der Waals surface area contributed by atoms with Gasteiger partial charge in [-0.25, -0.2) is 8.78 Å². The molecule has 2 nitrogen and oxygen atoms in total. The predicted octanol–water partition coefficient (Wildman–Crippen LogP) is -0.960. The Morgan fingerprint density at radius 2 is 1.71 bits per heavy atom. The minimum Gasteiger partial charge on any atom is -0.768 e. The molecule has 0 saturated carbocycles. The zero-order chi connectivity index (χ0) is 10.1. The minimum absolute atomic E-state index is 0. The molecule has 1 atom stereocenters. The third kappa shape index (κ3) is 3.50. The first-order valence-corrected chi connectivity index (χ1v) is 4.56. The predicted molar refractivity (Wildman–Crippen MR) is 43.2 cm³/mol. The fourth-order valence-electron chi connectivity index (χ4n) is 0.859. The number of halogens is 2. The molecule has 0 aliphatic carbocycles. The Morgan fingerprint density at radius 3 is 2.00 bits per heavy atom. The van der Waals surface area contributed by atoms with Gasteiger partial charge in [-0.15, -0.1) is 0 Å². The number of hydrogen-bond donors (Lipinski definition) is 0. The van der Waals surface area contributed by atoms with E-state index < -0.39 is 17.0 Å². The van der Waals surface area contributed by atoms with Crippen molar-refractivity contribution in [2.45, 2.75) is 17.7 Å². The second-order valence-corrected chi connectivity index (χ2v) is 3.59. The first-order valence-electron chi connectivity index (χ1n) is 3.49. The van der Waals surface area contributed by atoms with Crippen LogP contribution in [-0.4, -0.2) is 8.76 Å². The summed E-state index contributed by atoms with van der Waals surface area (Å²) in [6.45, 7) is 0.760. The van der Waals surface area contributed by atoms with Crippen molar-refractivity contribution in [2.75, 3.05) is 0 Å². The SMILES string of the molecule is CC(F)(F)c1ccc(S(=O)[O-])cc1.[Li+]. The molecule has 0 amide bonds. The van der Waals surface area contributed by atoms with E-state index in [1.54, 1.807) is 0 Å². The zero-order valence-electron chi connectivity index (χ0n) is 7.79. The van der Waals surface area contributed by atoms with Crippen LogP contribution in [0.2, 0.25) is 0 Å². The summed E-state index contributed by atoms with van der Waals surface area (Å²) in [6.07, 6.45) is 0. The van der Waals surface area contributed by atoms with Gasteiger partial charge in [0, 0.05) is 17.4 Å². The molecule has 1 aromatic rings. The molecule has 0 saturated heterocycles. The average Bonchev–Trinajstić information content (AvgIpc) is 2.03. The summed E-state index contributed by atoms with van der Waals surface area (Å²) < 4.78 is 46.0. The molecule has 0 fully saturated rings. The Hall–Kier alpha value is -0.213. The minimum atomic E-state index is -2.93. The van der Waals surface area contributed by atoms with Gasteiger partial charge in [-0.1, -0.05) is 12.1 Å². The smallest absolute Gasteiger partial charge is 0.768 e. The van der Waals surface area contributed by atoms with Gasteiger partial charge in [0.25, 0.3) is 5.92 Å². The Morgan fingerprint density at radius 1 is 1.29 bits per heavy atom. The maximum Gasteiger partial charge on any atom is 1.00 e. The van der Waals surface area contributed by atoms with Gasteiger partial charge in [-0.05, 0) is 23.2 Å². The molecule has 0 radical (unpaired) electrons. The molecule has 6 heteroatoms. The molecule has 0 aromatic heterocycles. The van der Waals surface area contributed by atoms with Gasteiger partial charge >= 0.3 is 18.9 Å². The molecule has 0 aliphatic heterocycles. The number of benzene rings is 1. The molecule has 14 heavy (non-hydrogen) atoms. The van der Waals surface area contributed by atoms with Gasteiger partial charge in [0.1, 0.15) is 0 Å². The molecule has 1 unspecified atom stereocenters. The van der Waals surface area contributed by atoms with E-state index in [0.29, 0.717) is 0 Å². The van der Waals surface area contributed by atoms with Crippen molar-refractivity contribution in [1.82, 2.24) is 0 Å². The number of alkyl halides is 2. The Labute approximate surface area is 95.2 Å². The molecule has 72 valence electrons. The third-order valence-electron chi connectivity index (χ3n) is 1.55. The molecule has 1 rings (SSSR count). The van der Waals surface area contributed by atoms with E-state index in [-0.39, 0.29) is 29.3 Å². The monoisotopic (exact) mass is 212 g/mol. The molecule has 0 bridgehead atoms. The Kier molecular flexibility index (Phi) is 4.96. The van der Waals surface area contributed by atoms with Crippen molar-refractivity contribution in [2.24, 2.45) is 0 Å². The standard InChI is InChI=1S/C8H8F2O2S.Li/c1-8(9,10)6-2-4-7(5-3-6)13(11)12;/h2-5H,1H3,(H,11,12);/q;+1/p-1. The topological polar surface area (TPSA) is 40.1 Å². The zero-order valence-corrected chi connectivity index (χ0v) is 8.61. The molecule has 0 aliphatic rings. The van der Waals surface area contributed by atoms with Crippen LogP contribution in [0.4, 0.5) is 8.78 Å². The van der Waals surface area contributed by atoms with E-state index in [1.807, 2.05) is 0 Å². The molecule has 0 N–H and O–H groups in total. The van der Waals surface area contributed by atoms with E-state index in [0.717, 1.165) is 31.2 Å². The van der Waals surface area contributed by atoms with Crippen molar-refractivity contribution >= 4 is 11.1 Å². The second-order valence-electron chi connectivity index (χ2n) is 2.65. The van der Waals surface area contributed by atoms with Crippen LogP contribution in [0.25, 0.3) is 0 Å². The van der Waals surface area contributed by atoms with E-state index in [1.165, 1.54) is 0 Å². The van der Waals surface area contributed by atoms with E-state index in [4.69, 9.17) is 0 Å². The molecular weight excluding hydrogens is 205 g/mol. The van der Waals surface area contributed by atoms with Crippen LogP contribution in [0.3, 0.4) is 0 Å². The summed E-state index contributed by atoms with van der Waals surface area (Å²) in [4.78, 5) is 0.00741. The molecule has 1 aromatic carbocycles. The van der Waals surface area contributed by atoms with Crippen molar-refractivity contribution in [1.29, 1.82) is 0 Å². The third-order valence-corrected chi connectivity index (χ3v) is 2.21. The average molecular weight is 212 g/mol. The van der Waals surface area contributed by atoms with Crippen molar-refractivity contribution in [3.05, 3.63) is 29.8 Å². The molecule has 0 spiro atoms. The fourth-order valence-corrected chi connectivity index (χ4v) is 1.22. The summed E-state index contributed by atoms with van der Waals surface area (Å²) in [5, 5.41) is 0. The first kappa shape index (κ1) is 13.8. The first-order chi connectivity index (χ1) is 5.91. The number of hydrogen-bond acceptors (Lipinski definition) is 2. The van der Waals surface area contributed by atoms with Gasteiger partial charge in [0.15, 0.2) is 0 Å². The van der Waals surface area contributed by atoms with Crippen LogP contribution >= 0.6 is 0 Å². The maximum atomic E-state index is 12.6. The van der Waals surface area contributed by atoms with E-state index >= 15 is 0 Å². The normalized spacial score (nSPS) is 13.1. The maximum absolute atomic E-state index is 12.6. The summed E-state index contributed by atoms with van der Waals surface area (Å²) >= 11 is -2.36. The van der Waals surface area contributed by atoms with Crippen molar-refractivity contribution < 1.29 is 36.4 Å². The van der Waals surface area contributed by atoms with Gasteiger partial charge in [-0.3, -0.25) is 4.21 Å². The van der Waals surface area contributed by atoms with Gasteiger partial charge in [0.2, 0.25) is 0 Å². The molecular formula is C8H7F2LiO2S. The van der Waals surface area contributed by atoms with Crippen LogP contribution in [-0.2, 0) is 17.0 Å². The van der Waals surface area contributed by atoms with Crippen LogP contribution < -0.4 is 18.9 Å². The van der Waals surface area contributed by atoms with E-state index in [2.05, 4.69) is 0 Å². The van der Waals surface area contributed by atoms with E-state index in [9.17, 15) is 17.5 Å². The van der Waals surface area contributed by atoms with Crippen molar-refractivity contribution in [3.8, 4) is 0 Å². The number of rotatable bonds is 2.